The van der Waals surface area contributed by atoms with Gasteiger partial charge in [0.05, 0.1) is 13.7 Å². The average molecular weight is 392 g/mol. The molecule has 0 bridgehead atoms. The van der Waals surface area contributed by atoms with E-state index in [0.29, 0.717) is 18.4 Å². The Morgan fingerprint density at radius 2 is 2.15 bits per heavy atom. The lowest BCUT2D eigenvalue weighted by Crippen LogP contribution is -2.32. The topological polar surface area (TPSA) is 72.5 Å². The molecule has 0 amide bonds. The number of unbranched alkanes of at least 4 members (excludes halogenated alkanes) is 3. The molecular weight excluding hydrogens is 367 g/mol. The minimum Gasteiger partial charge on any atom is -0.481 e. The van der Waals surface area contributed by atoms with Gasteiger partial charge in [0.1, 0.15) is 0 Å². The van der Waals surface area contributed by atoms with Crippen LogP contribution >= 0.6 is 24.0 Å². The van der Waals surface area contributed by atoms with E-state index in [1.165, 1.54) is 19.3 Å². The van der Waals surface area contributed by atoms with E-state index in [4.69, 9.17) is 10.5 Å². The van der Waals surface area contributed by atoms with E-state index in [2.05, 4.69) is 22.2 Å². The first-order chi connectivity index (χ1) is 9.26. The molecule has 0 saturated heterocycles. The van der Waals surface area contributed by atoms with E-state index in [-0.39, 0.29) is 24.0 Å². The number of aromatic nitrogens is 1. The van der Waals surface area contributed by atoms with Gasteiger partial charge < -0.3 is 15.8 Å². The van der Waals surface area contributed by atoms with Crippen LogP contribution in [0.25, 0.3) is 0 Å². The molecule has 114 valence electrons. The van der Waals surface area contributed by atoms with Crippen LogP contribution in [0.4, 0.5) is 0 Å². The summed E-state index contributed by atoms with van der Waals surface area (Å²) in [6.07, 6.45) is 6.63. The maximum Gasteiger partial charge on any atom is 0.212 e. The second-order valence-electron chi connectivity index (χ2n) is 4.40. The zero-order chi connectivity index (χ0) is 13.9. The van der Waals surface area contributed by atoms with E-state index in [0.717, 1.165) is 18.5 Å². The number of nitrogens with one attached hydrogen (secondary N) is 1. The number of hydrogen-bond donors (Lipinski definition) is 2. The summed E-state index contributed by atoms with van der Waals surface area (Å²) >= 11 is 0. The van der Waals surface area contributed by atoms with Gasteiger partial charge in [-0.25, -0.2) is 9.98 Å². The van der Waals surface area contributed by atoms with Crippen molar-refractivity contribution in [1.29, 1.82) is 0 Å². The van der Waals surface area contributed by atoms with Crippen molar-refractivity contribution in [2.45, 2.75) is 39.2 Å². The highest BCUT2D eigenvalue weighted by Crippen LogP contribution is 2.07. The molecule has 1 aromatic rings. The number of rotatable bonds is 8. The molecule has 0 unspecified atom stereocenters. The molecule has 0 atom stereocenters. The van der Waals surface area contributed by atoms with E-state index < -0.39 is 0 Å². The number of halogens is 1. The second-order valence-corrected chi connectivity index (χ2v) is 4.40. The first kappa shape index (κ1) is 18.9. The van der Waals surface area contributed by atoms with Gasteiger partial charge in [0.25, 0.3) is 0 Å². The van der Waals surface area contributed by atoms with Gasteiger partial charge in [-0.1, -0.05) is 32.3 Å². The average Bonchev–Trinajstić information content (AvgIpc) is 2.45. The zero-order valence-corrected chi connectivity index (χ0v) is 14.6. The van der Waals surface area contributed by atoms with Gasteiger partial charge in [-0.15, -0.1) is 24.0 Å². The molecule has 6 heteroatoms. The Kier molecular flexibility index (Phi) is 11.1. The molecule has 1 rings (SSSR count). The zero-order valence-electron chi connectivity index (χ0n) is 12.3. The number of methoxy groups -OCH3 is 1. The fourth-order valence-corrected chi connectivity index (χ4v) is 1.63. The lowest BCUT2D eigenvalue weighted by molar-refractivity contribution is 0.397. The van der Waals surface area contributed by atoms with Crippen molar-refractivity contribution in [3.05, 3.63) is 23.9 Å². The summed E-state index contributed by atoms with van der Waals surface area (Å²) in [5.41, 5.74) is 6.80. The van der Waals surface area contributed by atoms with E-state index >= 15 is 0 Å². The Morgan fingerprint density at radius 3 is 2.75 bits per heavy atom. The van der Waals surface area contributed by atoms with Gasteiger partial charge in [0.15, 0.2) is 5.96 Å². The summed E-state index contributed by atoms with van der Waals surface area (Å²) in [5, 5.41) is 3.12. The molecule has 0 aliphatic heterocycles. The van der Waals surface area contributed by atoms with Crippen molar-refractivity contribution in [2.24, 2.45) is 10.7 Å². The third-order valence-electron chi connectivity index (χ3n) is 2.78. The van der Waals surface area contributed by atoms with Gasteiger partial charge in [-0.05, 0) is 12.0 Å². The largest absolute Gasteiger partial charge is 0.481 e. The van der Waals surface area contributed by atoms with Crippen LogP contribution in [-0.2, 0) is 6.54 Å². The Labute approximate surface area is 138 Å². The molecule has 5 nitrogen and oxygen atoms in total. The van der Waals surface area contributed by atoms with Crippen LogP contribution < -0.4 is 15.8 Å². The maximum atomic E-state index is 5.79. The number of nitrogens with two attached hydrogens (primary N) is 1. The van der Waals surface area contributed by atoms with Crippen molar-refractivity contribution >= 4 is 29.9 Å². The highest BCUT2D eigenvalue weighted by atomic mass is 127. The SMILES string of the molecule is CCCCCCNC(N)=NCc1ccc(OC)nc1.I. The second kappa shape index (κ2) is 11.7. The Balaban J connectivity index is 0.00000361. The minimum atomic E-state index is 0. The fraction of sp³-hybridized carbons (Fsp3) is 0.571. The van der Waals surface area contributed by atoms with Crippen LogP contribution in [0.3, 0.4) is 0 Å². The van der Waals surface area contributed by atoms with Gasteiger partial charge in [-0.2, -0.15) is 0 Å². The van der Waals surface area contributed by atoms with E-state index in [9.17, 15) is 0 Å². The van der Waals surface area contributed by atoms with Gasteiger partial charge in [0.2, 0.25) is 5.88 Å². The van der Waals surface area contributed by atoms with Crippen LogP contribution in [0.5, 0.6) is 5.88 Å². The van der Waals surface area contributed by atoms with Crippen LogP contribution in [-0.4, -0.2) is 24.6 Å². The molecule has 1 heterocycles. The maximum absolute atomic E-state index is 5.79. The highest BCUT2D eigenvalue weighted by molar-refractivity contribution is 14.0. The Bertz CT molecular complexity index is 381. The predicted molar refractivity (Wildman–Crippen MR) is 93.7 cm³/mol. The number of aliphatic imine (C=N–C) groups is 1. The molecule has 20 heavy (non-hydrogen) atoms. The first-order valence-corrected chi connectivity index (χ1v) is 6.79. The summed E-state index contributed by atoms with van der Waals surface area (Å²) in [6, 6.07) is 3.75. The van der Waals surface area contributed by atoms with Gasteiger partial charge in [0, 0.05) is 18.8 Å². The van der Waals surface area contributed by atoms with E-state index in [1.807, 2.05) is 12.1 Å². The predicted octanol–water partition coefficient (Wildman–Crippen LogP) is 2.69. The number of ether oxygens (including phenoxy) is 1. The first-order valence-electron chi connectivity index (χ1n) is 6.79. The Hall–Kier alpha value is -1.05. The third-order valence-corrected chi connectivity index (χ3v) is 2.78. The Morgan fingerprint density at radius 1 is 1.35 bits per heavy atom. The molecule has 0 spiro atoms. The molecule has 0 radical (unpaired) electrons. The number of hydrogen-bond acceptors (Lipinski definition) is 3. The van der Waals surface area contributed by atoms with Crippen molar-refractivity contribution < 1.29 is 4.74 Å². The number of nitrogens with zero attached hydrogens (tertiary/aromatic N) is 2. The number of pyridine rings is 1. The smallest absolute Gasteiger partial charge is 0.212 e. The summed E-state index contributed by atoms with van der Waals surface area (Å²) in [6.45, 7) is 3.62. The summed E-state index contributed by atoms with van der Waals surface area (Å²) in [5.74, 6) is 1.10. The van der Waals surface area contributed by atoms with Gasteiger partial charge in [-0.3, -0.25) is 0 Å². The normalized spacial score (nSPS) is 10.8. The molecule has 0 saturated carbocycles. The van der Waals surface area contributed by atoms with Crippen molar-refractivity contribution in [1.82, 2.24) is 10.3 Å². The molecular formula is C14H25IN4O. The molecule has 0 aromatic carbocycles. The summed E-state index contributed by atoms with van der Waals surface area (Å²) < 4.78 is 5.00. The van der Waals surface area contributed by atoms with Crippen LogP contribution in [0.15, 0.2) is 23.3 Å². The molecule has 3 N–H and O–H groups in total. The van der Waals surface area contributed by atoms with Crippen LogP contribution in [0, 0.1) is 0 Å². The highest BCUT2D eigenvalue weighted by Gasteiger charge is 1.96. The summed E-state index contributed by atoms with van der Waals surface area (Å²) in [7, 11) is 1.60. The molecule has 0 aliphatic carbocycles. The quantitative estimate of drug-likeness (QED) is 0.309. The van der Waals surface area contributed by atoms with Crippen molar-refractivity contribution in [3.63, 3.8) is 0 Å². The minimum absolute atomic E-state index is 0. The van der Waals surface area contributed by atoms with Gasteiger partial charge >= 0.3 is 0 Å². The van der Waals surface area contributed by atoms with Crippen LogP contribution in [0.1, 0.15) is 38.2 Å². The molecule has 1 aromatic heterocycles. The monoisotopic (exact) mass is 392 g/mol. The molecule has 0 fully saturated rings. The number of guanidine groups is 1. The lowest BCUT2D eigenvalue weighted by Gasteiger charge is -2.05. The van der Waals surface area contributed by atoms with Crippen molar-refractivity contribution in [2.75, 3.05) is 13.7 Å². The van der Waals surface area contributed by atoms with Crippen molar-refractivity contribution in [3.8, 4) is 5.88 Å². The lowest BCUT2D eigenvalue weighted by atomic mass is 10.2. The summed E-state index contributed by atoms with van der Waals surface area (Å²) in [4.78, 5) is 8.39. The fourth-order valence-electron chi connectivity index (χ4n) is 1.63. The standard InChI is InChI=1S/C14H24N4O.HI/c1-3-4-5-6-9-16-14(15)18-11-12-7-8-13(19-2)17-10-12;/h7-8,10H,3-6,9,11H2,1-2H3,(H3,15,16,18);1H. The van der Waals surface area contributed by atoms with E-state index in [1.54, 1.807) is 13.3 Å². The molecule has 0 aliphatic rings. The third kappa shape index (κ3) is 8.19. The van der Waals surface area contributed by atoms with Crippen LogP contribution in [0.2, 0.25) is 0 Å².